The van der Waals surface area contributed by atoms with Crippen molar-refractivity contribution >= 4 is 0 Å². The van der Waals surface area contributed by atoms with E-state index < -0.39 is 0 Å². The summed E-state index contributed by atoms with van der Waals surface area (Å²) in [5.41, 5.74) is 10.9. The lowest BCUT2D eigenvalue weighted by molar-refractivity contribution is 0.288. The van der Waals surface area contributed by atoms with Crippen LogP contribution in [0.2, 0.25) is 0 Å². The predicted octanol–water partition coefficient (Wildman–Crippen LogP) is 3.69. The van der Waals surface area contributed by atoms with Crippen molar-refractivity contribution in [3.63, 3.8) is 0 Å². The Hall–Kier alpha value is -1.80. The van der Waals surface area contributed by atoms with E-state index in [1.54, 1.807) is 0 Å². The Morgan fingerprint density at radius 1 is 1.00 bits per heavy atom. The second-order valence-electron chi connectivity index (χ2n) is 5.04. The highest BCUT2D eigenvalue weighted by Gasteiger charge is 2.10. The van der Waals surface area contributed by atoms with Crippen LogP contribution in [0.3, 0.4) is 0 Å². The smallest absolute Gasteiger partial charge is 0.122 e. The van der Waals surface area contributed by atoms with Gasteiger partial charge < -0.3 is 10.5 Å². The van der Waals surface area contributed by atoms with Crippen LogP contribution in [0.25, 0.3) is 0 Å². The number of hydrogen-bond acceptors (Lipinski definition) is 2. The standard InChI is InChI=1S/C17H21NO/c1-12-8-9-14(3)17(10-12)19-11-16(18)15-7-5-4-6-13(15)2/h4-10,16H,11,18H2,1-3H3. The van der Waals surface area contributed by atoms with E-state index in [4.69, 9.17) is 10.5 Å². The first-order valence-corrected chi connectivity index (χ1v) is 6.59. The second kappa shape index (κ2) is 5.89. The number of aryl methyl sites for hydroxylation is 3. The minimum atomic E-state index is -0.0962. The van der Waals surface area contributed by atoms with Gasteiger partial charge in [-0.2, -0.15) is 0 Å². The van der Waals surface area contributed by atoms with E-state index in [2.05, 4.69) is 44.2 Å². The van der Waals surface area contributed by atoms with Crippen LogP contribution in [0.15, 0.2) is 42.5 Å². The van der Waals surface area contributed by atoms with Gasteiger partial charge >= 0.3 is 0 Å². The van der Waals surface area contributed by atoms with Crippen LogP contribution in [0, 0.1) is 20.8 Å². The molecule has 0 radical (unpaired) electrons. The monoisotopic (exact) mass is 255 g/mol. The third-order valence-electron chi connectivity index (χ3n) is 3.35. The number of benzene rings is 2. The Balaban J connectivity index is 2.06. The molecule has 2 heteroatoms. The molecule has 2 nitrogen and oxygen atoms in total. The number of nitrogens with two attached hydrogens (primary N) is 1. The lowest BCUT2D eigenvalue weighted by atomic mass is 10.0. The van der Waals surface area contributed by atoms with Crippen LogP contribution in [-0.2, 0) is 0 Å². The molecule has 1 unspecified atom stereocenters. The van der Waals surface area contributed by atoms with Gasteiger partial charge in [0.1, 0.15) is 12.4 Å². The van der Waals surface area contributed by atoms with Crippen molar-refractivity contribution in [1.29, 1.82) is 0 Å². The first kappa shape index (κ1) is 13.6. The SMILES string of the molecule is Cc1ccc(C)c(OCC(N)c2ccccc2C)c1. The third-order valence-corrected chi connectivity index (χ3v) is 3.35. The van der Waals surface area contributed by atoms with Crippen molar-refractivity contribution in [2.24, 2.45) is 5.73 Å². The first-order valence-electron chi connectivity index (χ1n) is 6.59. The molecule has 100 valence electrons. The van der Waals surface area contributed by atoms with Gasteiger partial charge in [-0.15, -0.1) is 0 Å². The Bertz CT molecular complexity index is 563. The highest BCUT2D eigenvalue weighted by atomic mass is 16.5. The maximum atomic E-state index is 6.21. The summed E-state index contributed by atoms with van der Waals surface area (Å²) in [4.78, 5) is 0. The maximum absolute atomic E-state index is 6.21. The number of rotatable bonds is 4. The molecule has 1 atom stereocenters. The molecule has 0 aromatic heterocycles. The molecule has 2 rings (SSSR count). The summed E-state index contributed by atoms with van der Waals surface area (Å²) < 4.78 is 5.86. The van der Waals surface area contributed by atoms with Gasteiger partial charge in [0.05, 0.1) is 6.04 Å². The summed E-state index contributed by atoms with van der Waals surface area (Å²) in [6, 6.07) is 14.3. The van der Waals surface area contributed by atoms with Crippen LogP contribution in [0.1, 0.15) is 28.3 Å². The van der Waals surface area contributed by atoms with E-state index in [0.29, 0.717) is 6.61 Å². The Kier molecular flexibility index (Phi) is 4.23. The van der Waals surface area contributed by atoms with Gasteiger partial charge in [-0.25, -0.2) is 0 Å². The van der Waals surface area contributed by atoms with Crippen LogP contribution in [0.4, 0.5) is 0 Å². The van der Waals surface area contributed by atoms with E-state index >= 15 is 0 Å². The van der Waals surface area contributed by atoms with Crippen molar-refractivity contribution in [3.8, 4) is 5.75 Å². The summed E-state index contributed by atoms with van der Waals surface area (Å²) in [6.45, 7) is 6.68. The summed E-state index contributed by atoms with van der Waals surface area (Å²) in [5, 5.41) is 0. The minimum Gasteiger partial charge on any atom is -0.491 e. The molecule has 0 aliphatic rings. The van der Waals surface area contributed by atoms with E-state index in [-0.39, 0.29) is 6.04 Å². The molecule has 0 aliphatic heterocycles. The molecular formula is C17H21NO. The van der Waals surface area contributed by atoms with Gasteiger partial charge in [0.25, 0.3) is 0 Å². The molecule has 0 bridgehead atoms. The van der Waals surface area contributed by atoms with E-state index in [0.717, 1.165) is 16.9 Å². The molecule has 0 heterocycles. The molecule has 0 spiro atoms. The maximum Gasteiger partial charge on any atom is 0.122 e. The molecule has 19 heavy (non-hydrogen) atoms. The normalized spacial score (nSPS) is 12.2. The fourth-order valence-electron chi connectivity index (χ4n) is 2.13. The van der Waals surface area contributed by atoms with Crippen LogP contribution >= 0.6 is 0 Å². The summed E-state index contributed by atoms with van der Waals surface area (Å²) in [6.07, 6.45) is 0. The van der Waals surface area contributed by atoms with E-state index in [1.165, 1.54) is 11.1 Å². The fourth-order valence-corrected chi connectivity index (χ4v) is 2.13. The van der Waals surface area contributed by atoms with Crippen molar-refractivity contribution in [1.82, 2.24) is 0 Å². The second-order valence-corrected chi connectivity index (χ2v) is 5.04. The average molecular weight is 255 g/mol. The van der Waals surface area contributed by atoms with Gasteiger partial charge in [-0.1, -0.05) is 36.4 Å². The third kappa shape index (κ3) is 3.36. The predicted molar refractivity (Wildman–Crippen MR) is 79.5 cm³/mol. The quantitative estimate of drug-likeness (QED) is 0.904. The molecular weight excluding hydrogens is 234 g/mol. The lowest BCUT2D eigenvalue weighted by Crippen LogP contribution is -2.20. The van der Waals surface area contributed by atoms with E-state index in [9.17, 15) is 0 Å². The molecule has 0 saturated carbocycles. The van der Waals surface area contributed by atoms with Gasteiger partial charge in [0.15, 0.2) is 0 Å². The van der Waals surface area contributed by atoms with Crippen LogP contribution in [-0.4, -0.2) is 6.61 Å². The van der Waals surface area contributed by atoms with Crippen molar-refractivity contribution < 1.29 is 4.74 Å². The van der Waals surface area contributed by atoms with Crippen molar-refractivity contribution in [2.75, 3.05) is 6.61 Å². The van der Waals surface area contributed by atoms with Gasteiger partial charge in [0.2, 0.25) is 0 Å². The molecule has 2 N–H and O–H groups in total. The molecule has 2 aromatic rings. The highest BCUT2D eigenvalue weighted by molar-refractivity contribution is 5.36. The van der Waals surface area contributed by atoms with Gasteiger partial charge in [-0.3, -0.25) is 0 Å². The molecule has 0 fully saturated rings. The zero-order chi connectivity index (χ0) is 13.8. The lowest BCUT2D eigenvalue weighted by Gasteiger charge is -2.17. The topological polar surface area (TPSA) is 35.2 Å². The van der Waals surface area contributed by atoms with Crippen molar-refractivity contribution in [3.05, 3.63) is 64.7 Å². The minimum absolute atomic E-state index is 0.0962. The Morgan fingerprint density at radius 3 is 2.47 bits per heavy atom. The summed E-state index contributed by atoms with van der Waals surface area (Å²) >= 11 is 0. The molecule has 0 saturated heterocycles. The fraction of sp³-hybridized carbons (Fsp3) is 0.294. The van der Waals surface area contributed by atoms with Crippen molar-refractivity contribution in [2.45, 2.75) is 26.8 Å². The van der Waals surface area contributed by atoms with Gasteiger partial charge in [0, 0.05) is 0 Å². The average Bonchev–Trinajstić information content (AvgIpc) is 2.40. The summed E-state index contributed by atoms with van der Waals surface area (Å²) in [7, 11) is 0. The Labute approximate surface area is 115 Å². The highest BCUT2D eigenvalue weighted by Crippen LogP contribution is 2.21. The largest absolute Gasteiger partial charge is 0.491 e. The van der Waals surface area contributed by atoms with Crippen LogP contribution < -0.4 is 10.5 Å². The number of ether oxygens (including phenoxy) is 1. The summed E-state index contributed by atoms with van der Waals surface area (Å²) in [5.74, 6) is 0.920. The number of hydrogen-bond donors (Lipinski definition) is 1. The zero-order valence-electron chi connectivity index (χ0n) is 11.8. The molecule has 0 aliphatic carbocycles. The first-order chi connectivity index (χ1) is 9.08. The Morgan fingerprint density at radius 2 is 1.74 bits per heavy atom. The van der Waals surface area contributed by atoms with Crippen LogP contribution in [0.5, 0.6) is 5.75 Å². The van der Waals surface area contributed by atoms with E-state index in [1.807, 2.05) is 19.1 Å². The molecule has 0 amide bonds. The molecule has 2 aromatic carbocycles. The van der Waals surface area contributed by atoms with Gasteiger partial charge in [-0.05, 0) is 49.1 Å². The zero-order valence-corrected chi connectivity index (χ0v) is 11.8.